The molecule has 0 aliphatic carbocycles. The van der Waals surface area contributed by atoms with Gasteiger partial charge in [-0.2, -0.15) is 0 Å². The molecule has 0 atom stereocenters. The lowest BCUT2D eigenvalue weighted by molar-refractivity contribution is -0.274. The number of halogens is 4. The number of amides is 2. The Morgan fingerprint density at radius 3 is 2.26 bits per heavy atom. The minimum Gasteiger partial charge on any atom is -0.506 e. The predicted molar refractivity (Wildman–Crippen MR) is 138 cm³/mol. The van der Waals surface area contributed by atoms with Crippen LogP contribution in [0.3, 0.4) is 0 Å². The van der Waals surface area contributed by atoms with E-state index in [4.69, 9.17) is 0 Å². The van der Waals surface area contributed by atoms with Crippen molar-refractivity contribution in [1.82, 2.24) is 0 Å². The number of benzene rings is 3. The van der Waals surface area contributed by atoms with E-state index in [1.807, 2.05) is 4.72 Å². The molecule has 0 aliphatic heterocycles. The first-order valence-electron chi connectivity index (χ1n) is 10.9. The van der Waals surface area contributed by atoms with Crippen LogP contribution in [-0.2, 0) is 16.4 Å². The maximum atomic E-state index is 14.1. The number of carbonyl (C=O) groups is 1. The maximum absolute atomic E-state index is 14.1. The highest BCUT2D eigenvalue weighted by Crippen LogP contribution is 2.30. The first-order chi connectivity index (χ1) is 17.8. The molecule has 0 radical (unpaired) electrons. The van der Waals surface area contributed by atoms with E-state index in [2.05, 4.69) is 15.4 Å². The Morgan fingerprint density at radius 2 is 1.66 bits per heavy atom. The average molecular weight is 574 g/mol. The van der Waals surface area contributed by atoms with Gasteiger partial charge in [0.15, 0.2) is 5.82 Å². The molecule has 204 valence electrons. The van der Waals surface area contributed by atoms with Crippen molar-refractivity contribution in [3.05, 3.63) is 72.0 Å². The van der Waals surface area contributed by atoms with Crippen LogP contribution in [0.15, 0.2) is 65.6 Å². The highest BCUT2D eigenvalue weighted by atomic mass is 32.2. The molecule has 0 saturated carbocycles. The summed E-state index contributed by atoms with van der Waals surface area (Å²) in [5.74, 6) is -1.12. The molecule has 0 fully saturated rings. The number of phenolic OH excluding ortho intramolecular Hbond substituents is 1. The number of hydrogen-bond donors (Lipinski definition) is 4. The van der Waals surface area contributed by atoms with Gasteiger partial charge < -0.3 is 20.5 Å². The monoisotopic (exact) mass is 573 g/mol. The Labute approximate surface area is 220 Å². The van der Waals surface area contributed by atoms with Crippen LogP contribution in [0.2, 0.25) is 0 Å². The van der Waals surface area contributed by atoms with E-state index in [0.29, 0.717) is 18.2 Å². The molecule has 3 aromatic carbocycles. The molecular weight excluding hydrogens is 550 g/mol. The highest BCUT2D eigenvalue weighted by molar-refractivity contribution is 7.99. The van der Waals surface area contributed by atoms with E-state index in [9.17, 15) is 35.9 Å². The Bertz CT molecular complexity index is 1370. The number of rotatable bonds is 10. The van der Waals surface area contributed by atoms with Gasteiger partial charge in [-0.05, 0) is 66.6 Å². The number of thioether (sulfide) groups is 1. The first kappa shape index (κ1) is 28.9. The third kappa shape index (κ3) is 9.67. The zero-order valence-corrected chi connectivity index (χ0v) is 21.4. The normalized spacial score (nSPS) is 11.6. The summed E-state index contributed by atoms with van der Waals surface area (Å²) in [6.45, 7) is 0. The molecule has 0 spiro atoms. The van der Waals surface area contributed by atoms with E-state index in [0.717, 1.165) is 35.0 Å². The van der Waals surface area contributed by atoms with E-state index < -0.39 is 34.0 Å². The van der Waals surface area contributed by atoms with Crippen molar-refractivity contribution in [2.45, 2.75) is 24.1 Å². The van der Waals surface area contributed by atoms with Gasteiger partial charge in [0.25, 0.3) is 0 Å². The van der Waals surface area contributed by atoms with Gasteiger partial charge in [0, 0.05) is 16.6 Å². The smallest absolute Gasteiger partial charge is 0.506 e. The number of anilines is 3. The van der Waals surface area contributed by atoms with Gasteiger partial charge in [-0.1, -0.05) is 12.1 Å². The Hall–Kier alpha value is -3.65. The molecule has 2 amide bonds. The van der Waals surface area contributed by atoms with E-state index in [-0.39, 0.29) is 17.1 Å². The fourth-order valence-corrected chi connectivity index (χ4v) is 4.60. The molecule has 0 unspecified atom stereocenters. The first-order valence-corrected chi connectivity index (χ1v) is 13.8. The van der Waals surface area contributed by atoms with Gasteiger partial charge in [0.2, 0.25) is 10.0 Å². The second-order valence-corrected chi connectivity index (χ2v) is 10.9. The Morgan fingerprint density at radius 1 is 1.00 bits per heavy atom. The standard InChI is InChI=1S/C24H23F4N3O5S2/c1-38(34,35)31-21-14-20(19(25)13-22(21)32)30-23(33)29-16-6-10-18(11-7-16)37-12-2-3-15-4-8-17(9-5-15)36-24(26,27)28/h4-11,13-14,31-32H,2-3,12H2,1H3,(H2,29,30,33). The van der Waals surface area contributed by atoms with Gasteiger partial charge in [-0.15, -0.1) is 24.9 Å². The highest BCUT2D eigenvalue weighted by Gasteiger charge is 2.30. The lowest BCUT2D eigenvalue weighted by atomic mass is 10.1. The number of aromatic hydroxyl groups is 1. The summed E-state index contributed by atoms with van der Waals surface area (Å²) in [6.07, 6.45) is -2.41. The zero-order chi connectivity index (χ0) is 27.9. The summed E-state index contributed by atoms with van der Waals surface area (Å²) in [7, 11) is -3.74. The van der Waals surface area contributed by atoms with Crippen LogP contribution in [-0.4, -0.2) is 37.9 Å². The minimum atomic E-state index is -4.72. The molecule has 38 heavy (non-hydrogen) atoms. The quantitative estimate of drug-likeness (QED) is 0.0758. The molecule has 0 aromatic heterocycles. The summed E-state index contributed by atoms with van der Waals surface area (Å²) >= 11 is 1.56. The van der Waals surface area contributed by atoms with Gasteiger partial charge >= 0.3 is 12.4 Å². The van der Waals surface area contributed by atoms with Gasteiger partial charge in [0.1, 0.15) is 11.5 Å². The second kappa shape index (κ2) is 12.3. The summed E-state index contributed by atoms with van der Waals surface area (Å²) < 4.78 is 79.4. The van der Waals surface area contributed by atoms with Gasteiger partial charge in [0.05, 0.1) is 17.6 Å². The molecule has 0 heterocycles. The van der Waals surface area contributed by atoms with Crippen LogP contribution in [0.1, 0.15) is 12.0 Å². The Kier molecular flexibility index (Phi) is 9.33. The van der Waals surface area contributed by atoms with E-state index in [1.165, 1.54) is 12.1 Å². The molecule has 3 rings (SSSR count). The van der Waals surface area contributed by atoms with Crippen molar-refractivity contribution in [3.63, 3.8) is 0 Å². The molecule has 14 heteroatoms. The number of alkyl halides is 3. The number of hydrogen-bond acceptors (Lipinski definition) is 6. The molecule has 4 N–H and O–H groups in total. The van der Waals surface area contributed by atoms with Crippen molar-refractivity contribution in [2.75, 3.05) is 27.4 Å². The Balaban J connectivity index is 1.46. The van der Waals surface area contributed by atoms with Crippen molar-refractivity contribution in [3.8, 4) is 11.5 Å². The number of nitrogens with one attached hydrogen (secondary N) is 3. The van der Waals surface area contributed by atoms with Crippen LogP contribution in [0, 0.1) is 5.82 Å². The number of ether oxygens (including phenoxy) is 1. The molecule has 0 aliphatic rings. The van der Waals surface area contributed by atoms with E-state index in [1.54, 1.807) is 48.2 Å². The SMILES string of the molecule is CS(=O)(=O)Nc1cc(NC(=O)Nc2ccc(SCCCc3ccc(OC(F)(F)F)cc3)cc2)c(F)cc1O. The summed E-state index contributed by atoms with van der Waals surface area (Å²) in [5, 5.41) is 14.5. The lowest BCUT2D eigenvalue weighted by Gasteiger charge is -2.12. The fraction of sp³-hybridized carbons (Fsp3) is 0.208. The number of phenols is 1. The predicted octanol–water partition coefficient (Wildman–Crippen LogP) is 6.17. The number of carbonyl (C=O) groups excluding carboxylic acids is 1. The van der Waals surface area contributed by atoms with Crippen LogP contribution in [0.25, 0.3) is 0 Å². The van der Waals surface area contributed by atoms with Crippen molar-refractivity contribution in [1.29, 1.82) is 0 Å². The summed E-state index contributed by atoms with van der Waals surface area (Å²) in [4.78, 5) is 13.2. The van der Waals surface area contributed by atoms with Crippen LogP contribution in [0.5, 0.6) is 11.5 Å². The summed E-state index contributed by atoms with van der Waals surface area (Å²) in [5.41, 5.74) is 0.663. The largest absolute Gasteiger partial charge is 0.573 e. The third-order valence-electron chi connectivity index (χ3n) is 4.78. The lowest BCUT2D eigenvalue weighted by Crippen LogP contribution is -2.20. The minimum absolute atomic E-state index is 0.264. The van der Waals surface area contributed by atoms with Crippen molar-refractivity contribution >= 4 is 44.9 Å². The maximum Gasteiger partial charge on any atom is 0.573 e. The van der Waals surface area contributed by atoms with Crippen molar-refractivity contribution < 1.29 is 40.6 Å². The number of aryl methyl sites for hydroxylation is 1. The van der Waals surface area contributed by atoms with Crippen molar-refractivity contribution in [2.24, 2.45) is 0 Å². The van der Waals surface area contributed by atoms with E-state index >= 15 is 0 Å². The van der Waals surface area contributed by atoms with Crippen LogP contribution < -0.4 is 20.1 Å². The molecule has 8 nitrogen and oxygen atoms in total. The van der Waals surface area contributed by atoms with Crippen LogP contribution >= 0.6 is 11.8 Å². The molecule has 0 saturated heterocycles. The topological polar surface area (TPSA) is 117 Å². The van der Waals surface area contributed by atoms with Gasteiger partial charge in [-0.3, -0.25) is 4.72 Å². The second-order valence-electron chi connectivity index (χ2n) is 7.97. The molecular formula is C24H23F4N3O5S2. The number of urea groups is 1. The van der Waals surface area contributed by atoms with Gasteiger partial charge in [-0.25, -0.2) is 17.6 Å². The molecule has 3 aromatic rings. The summed E-state index contributed by atoms with van der Waals surface area (Å²) in [6, 6.07) is 13.4. The van der Waals surface area contributed by atoms with Crippen LogP contribution in [0.4, 0.5) is 39.4 Å². The number of sulfonamides is 1. The zero-order valence-electron chi connectivity index (χ0n) is 19.8. The molecule has 0 bridgehead atoms. The third-order valence-corrected chi connectivity index (χ3v) is 6.47. The fourth-order valence-electron chi connectivity index (χ4n) is 3.18. The average Bonchev–Trinajstić information content (AvgIpc) is 2.80.